The Labute approximate surface area is 240 Å². The summed E-state index contributed by atoms with van der Waals surface area (Å²) in [6.45, 7) is 6.22. The van der Waals surface area contributed by atoms with Gasteiger partial charge in [0.25, 0.3) is 0 Å². The van der Waals surface area contributed by atoms with Gasteiger partial charge in [0.1, 0.15) is 17.2 Å². The minimum absolute atomic E-state index is 0. The van der Waals surface area contributed by atoms with Crippen molar-refractivity contribution in [3.05, 3.63) is 58.9 Å². The largest absolute Gasteiger partial charge is 0.481 e. The van der Waals surface area contributed by atoms with E-state index in [9.17, 15) is 9.59 Å². The maximum absolute atomic E-state index is 13.7. The van der Waals surface area contributed by atoms with Crippen molar-refractivity contribution in [3.8, 4) is 0 Å². The average Bonchev–Trinajstić information content (AvgIpc) is 3.56. The highest BCUT2D eigenvalue weighted by molar-refractivity contribution is 5.95. The Hall–Kier alpha value is -3.34. The maximum atomic E-state index is 13.7. The average molecular weight is 579 g/mol. The molecule has 1 saturated heterocycles. The summed E-state index contributed by atoms with van der Waals surface area (Å²) in [5, 5.41) is 23.3. The molecule has 212 valence electrons. The summed E-state index contributed by atoms with van der Waals surface area (Å²) in [5.74, 6) is -0.0526. The number of aliphatic carboxylic acids is 1. The highest BCUT2D eigenvalue weighted by Crippen LogP contribution is 2.32. The van der Waals surface area contributed by atoms with Crippen LogP contribution in [0.1, 0.15) is 55.1 Å². The number of hydrogen-bond donors (Lipinski definition) is 6. The minimum atomic E-state index is -0.989. The third-order valence-corrected chi connectivity index (χ3v) is 7.02. The van der Waals surface area contributed by atoms with Crippen LogP contribution in [0.4, 0.5) is 5.69 Å². The lowest BCUT2D eigenvalue weighted by Crippen LogP contribution is -2.53. The number of aryl methyl sites for hydroxylation is 1. The van der Waals surface area contributed by atoms with Crippen LogP contribution >= 0.6 is 24.8 Å². The molecule has 3 aromatic rings. The van der Waals surface area contributed by atoms with Crippen molar-refractivity contribution >= 4 is 59.2 Å². The smallest absolute Gasteiger partial charge is 0.303 e. The van der Waals surface area contributed by atoms with Crippen LogP contribution in [0.25, 0.3) is 11.0 Å². The predicted molar refractivity (Wildman–Crippen MR) is 158 cm³/mol. The van der Waals surface area contributed by atoms with Gasteiger partial charge in [0.15, 0.2) is 0 Å². The van der Waals surface area contributed by atoms with Crippen molar-refractivity contribution in [1.82, 2.24) is 20.2 Å². The lowest BCUT2D eigenvalue weighted by Gasteiger charge is -2.35. The third kappa shape index (κ3) is 7.20. The fourth-order valence-corrected chi connectivity index (χ4v) is 4.94. The van der Waals surface area contributed by atoms with E-state index in [-0.39, 0.29) is 43.0 Å². The zero-order valence-corrected chi connectivity index (χ0v) is 23.8. The van der Waals surface area contributed by atoms with Crippen LogP contribution < -0.4 is 16.4 Å². The number of carboxylic acids is 1. The summed E-state index contributed by atoms with van der Waals surface area (Å²) in [4.78, 5) is 34.8. The molecular weight excluding hydrogens is 541 g/mol. The molecule has 1 fully saturated rings. The number of carbonyl (C=O) groups is 2. The number of amidine groups is 1. The summed E-state index contributed by atoms with van der Waals surface area (Å²) in [5.41, 5.74) is 9.52. The first-order valence-electron chi connectivity index (χ1n) is 12.6. The van der Waals surface area contributed by atoms with Gasteiger partial charge in [0.2, 0.25) is 5.91 Å². The van der Waals surface area contributed by atoms with Crippen molar-refractivity contribution in [2.24, 2.45) is 5.73 Å². The molecule has 1 aromatic heterocycles. The second-order valence-electron chi connectivity index (χ2n) is 9.71. The minimum Gasteiger partial charge on any atom is -0.481 e. The first-order valence-corrected chi connectivity index (χ1v) is 12.6. The number of anilines is 1. The molecule has 12 heteroatoms. The van der Waals surface area contributed by atoms with Gasteiger partial charge in [-0.15, -0.1) is 24.8 Å². The number of nitrogen functional groups attached to an aromatic ring is 1. The van der Waals surface area contributed by atoms with E-state index in [1.54, 1.807) is 12.1 Å². The number of carboxylic acid groups (broad SMARTS) is 1. The summed E-state index contributed by atoms with van der Waals surface area (Å²) < 4.78 is 0. The monoisotopic (exact) mass is 577 g/mol. The Balaban J connectivity index is 0.00000267. The molecule has 10 nitrogen and oxygen atoms in total. The van der Waals surface area contributed by atoms with Crippen LogP contribution in [-0.2, 0) is 21.7 Å². The number of aromatic amines is 1. The van der Waals surface area contributed by atoms with Gasteiger partial charge in [-0.1, -0.05) is 6.07 Å². The highest BCUT2D eigenvalue weighted by Gasteiger charge is 2.40. The first kappa shape index (κ1) is 31.9. The van der Waals surface area contributed by atoms with E-state index in [4.69, 9.17) is 21.2 Å². The second-order valence-corrected chi connectivity index (χ2v) is 9.71. The van der Waals surface area contributed by atoms with Gasteiger partial charge >= 0.3 is 5.97 Å². The SMILES string of the molecule is Cc1c(C(C)(NCCCC(=O)O)C(=O)N2CCCC2)ccc2[nH]c(CNc3ccc(C(=N)N)cc3)nc12.Cl.Cl. The first-order chi connectivity index (χ1) is 17.7. The lowest BCUT2D eigenvalue weighted by atomic mass is 9.86. The number of aromatic nitrogens is 2. The Morgan fingerprint density at radius 2 is 1.82 bits per heavy atom. The standard InChI is InChI=1S/C27H35N7O3.2ClH/c1-17-20(27(2,31-13-5-6-23(35)36)26(37)34-14-3-4-15-34)11-12-21-24(17)33-22(32-21)16-30-19-9-7-18(8-10-19)25(28)29;;/h7-12,30-31H,3-6,13-16H2,1-2H3,(H3,28,29)(H,32,33)(H,35,36);2*1H. The molecule has 0 saturated carbocycles. The van der Waals surface area contributed by atoms with Crippen molar-refractivity contribution < 1.29 is 14.7 Å². The molecule has 1 amide bonds. The molecule has 1 aliphatic heterocycles. The van der Waals surface area contributed by atoms with Gasteiger partial charge in [-0.3, -0.25) is 20.3 Å². The molecule has 2 aromatic carbocycles. The van der Waals surface area contributed by atoms with E-state index in [2.05, 4.69) is 15.6 Å². The summed E-state index contributed by atoms with van der Waals surface area (Å²) >= 11 is 0. The summed E-state index contributed by atoms with van der Waals surface area (Å²) in [6, 6.07) is 11.2. The molecule has 0 radical (unpaired) electrons. The van der Waals surface area contributed by atoms with Crippen LogP contribution in [0.3, 0.4) is 0 Å². The number of benzene rings is 2. The van der Waals surface area contributed by atoms with E-state index in [1.165, 1.54) is 0 Å². The van der Waals surface area contributed by atoms with Crippen molar-refractivity contribution in [2.45, 2.75) is 51.6 Å². The molecule has 1 aliphatic rings. The van der Waals surface area contributed by atoms with Gasteiger partial charge in [-0.2, -0.15) is 0 Å². The molecule has 2 heterocycles. The topological polar surface area (TPSA) is 160 Å². The summed E-state index contributed by atoms with van der Waals surface area (Å²) in [6.07, 6.45) is 2.47. The van der Waals surface area contributed by atoms with E-state index in [0.29, 0.717) is 25.1 Å². The van der Waals surface area contributed by atoms with Crippen LogP contribution in [-0.4, -0.2) is 57.3 Å². The van der Waals surface area contributed by atoms with Crippen molar-refractivity contribution in [1.29, 1.82) is 5.41 Å². The number of fused-ring (bicyclic) bond motifs is 1. The van der Waals surface area contributed by atoms with Crippen molar-refractivity contribution in [2.75, 3.05) is 25.0 Å². The van der Waals surface area contributed by atoms with E-state index in [1.807, 2.05) is 43.0 Å². The van der Waals surface area contributed by atoms with Crippen molar-refractivity contribution in [3.63, 3.8) is 0 Å². The molecule has 1 atom stereocenters. The Morgan fingerprint density at radius 1 is 1.15 bits per heavy atom. The number of likely N-dealkylation sites (tertiary alicyclic amines) is 1. The number of H-pyrrole nitrogens is 1. The Bertz CT molecular complexity index is 1310. The Kier molecular flexibility index (Phi) is 11.1. The molecule has 0 spiro atoms. The third-order valence-electron chi connectivity index (χ3n) is 7.02. The number of nitrogens with zero attached hydrogens (tertiary/aromatic N) is 2. The fourth-order valence-electron chi connectivity index (χ4n) is 4.94. The number of amides is 1. The molecular formula is C27H37Cl2N7O3. The molecule has 0 aliphatic carbocycles. The number of rotatable bonds is 11. The van der Waals surface area contributed by atoms with Crippen LogP contribution in [0.5, 0.6) is 0 Å². The molecule has 39 heavy (non-hydrogen) atoms. The van der Waals surface area contributed by atoms with E-state index < -0.39 is 11.5 Å². The maximum Gasteiger partial charge on any atom is 0.303 e. The normalized spacial score (nSPS) is 14.3. The number of nitrogens with two attached hydrogens (primary N) is 1. The fraction of sp³-hybridized carbons (Fsp3) is 0.407. The quantitative estimate of drug-likeness (QED) is 0.114. The van der Waals surface area contributed by atoms with Crippen LogP contribution in [0, 0.1) is 12.3 Å². The van der Waals surface area contributed by atoms with Gasteiger partial charge in [-0.05, 0) is 81.1 Å². The number of hydrogen-bond acceptors (Lipinski definition) is 6. The number of imidazole rings is 1. The molecule has 7 N–H and O–H groups in total. The molecule has 1 unspecified atom stereocenters. The van der Waals surface area contributed by atoms with Crippen LogP contribution in [0.15, 0.2) is 36.4 Å². The second kappa shape index (κ2) is 13.6. The molecule has 0 bridgehead atoms. The number of nitrogens with one attached hydrogen (secondary N) is 4. The predicted octanol–water partition coefficient (Wildman–Crippen LogP) is 3.90. The number of halogens is 2. The van der Waals surface area contributed by atoms with Gasteiger partial charge in [-0.25, -0.2) is 4.98 Å². The van der Waals surface area contributed by atoms with Gasteiger partial charge in [0, 0.05) is 30.8 Å². The zero-order chi connectivity index (χ0) is 26.6. The zero-order valence-electron chi connectivity index (χ0n) is 22.2. The Morgan fingerprint density at radius 3 is 2.44 bits per heavy atom. The number of carbonyl (C=O) groups excluding carboxylic acids is 1. The van der Waals surface area contributed by atoms with E-state index in [0.717, 1.165) is 59.6 Å². The molecule has 4 rings (SSSR count). The summed E-state index contributed by atoms with van der Waals surface area (Å²) in [7, 11) is 0. The highest BCUT2D eigenvalue weighted by atomic mass is 35.5. The van der Waals surface area contributed by atoms with Gasteiger partial charge in [0.05, 0.1) is 17.6 Å². The van der Waals surface area contributed by atoms with Crippen LogP contribution in [0.2, 0.25) is 0 Å². The van der Waals surface area contributed by atoms with Gasteiger partial charge < -0.3 is 26.0 Å². The lowest BCUT2D eigenvalue weighted by molar-refractivity contribution is -0.137. The van der Waals surface area contributed by atoms with E-state index >= 15 is 0 Å².